The summed E-state index contributed by atoms with van der Waals surface area (Å²) in [6, 6.07) is 9.82. The molecule has 1 unspecified atom stereocenters. The Morgan fingerprint density at radius 3 is 2.54 bits per heavy atom. The first kappa shape index (κ1) is 18.0. The van der Waals surface area contributed by atoms with Crippen LogP contribution in [0.15, 0.2) is 36.4 Å². The van der Waals surface area contributed by atoms with Crippen LogP contribution in [0.5, 0.6) is 11.5 Å². The Morgan fingerprint density at radius 1 is 1.23 bits per heavy atom. The van der Waals surface area contributed by atoms with Gasteiger partial charge in [0.2, 0.25) is 0 Å². The maximum absolute atomic E-state index is 13.0. The predicted octanol–water partition coefficient (Wildman–Crippen LogP) is 3.16. The van der Waals surface area contributed by atoms with E-state index < -0.39 is 0 Å². The lowest BCUT2D eigenvalue weighted by atomic mass is 9.92. The van der Waals surface area contributed by atoms with Gasteiger partial charge in [-0.25, -0.2) is 0 Å². The Balaban J connectivity index is 1.97. The van der Waals surface area contributed by atoms with E-state index in [0.29, 0.717) is 24.5 Å². The molecular weight excluding hydrogens is 336 g/mol. The molecule has 0 saturated heterocycles. The second-order valence-electron chi connectivity index (χ2n) is 6.12. The molecule has 7 nitrogen and oxygen atoms in total. The van der Waals surface area contributed by atoms with Crippen LogP contribution >= 0.6 is 0 Å². The van der Waals surface area contributed by atoms with Gasteiger partial charge >= 0.3 is 0 Å². The number of anilines is 1. The van der Waals surface area contributed by atoms with Gasteiger partial charge in [0.1, 0.15) is 0 Å². The number of carbonyl (C=O) groups excluding carboxylic acids is 1. The third-order valence-electron chi connectivity index (χ3n) is 4.79. The van der Waals surface area contributed by atoms with Crippen molar-refractivity contribution < 1.29 is 19.5 Å². The number of benzene rings is 2. The number of carbonyl (C=O) groups is 1. The molecule has 1 aliphatic heterocycles. The summed E-state index contributed by atoms with van der Waals surface area (Å²) in [6.07, 6.45) is 0.661. The van der Waals surface area contributed by atoms with Gasteiger partial charge in [0.05, 0.1) is 31.5 Å². The lowest BCUT2D eigenvalue weighted by Gasteiger charge is -2.36. The van der Waals surface area contributed by atoms with Crippen LogP contribution in [-0.4, -0.2) is 36.8 Å². The quantitative estimate of drug-likeness (QED) is 0.846. The summed E-state index contributed by atoms with van der Waals surface area (Å²) in [7, 11) is 3.16. The Kier molecular flexibility index (Phi) is 5.01. The van der Waals surface area contributed by atoms with Crippen molar-refractivity contribution in [2.24, 2.45) is 0 Å². The second-order valence-corrected chi connectivity index (χ2v) is 6.12. The van der Waals surface area contributed by atoms with Gasteiger partial charge in [-0.2, -0.15) is 0 Å². The zero-order chi connectivity index (χ0) is 18.8. The molecular formula is C19H21N2O5-. The van der Waals surface area contributed by atoms with Crippen molar-refractivity contribution in [2.45, 2.75) is 19.4 Å². The molecule has 138 valence electrons. The van der Waals surface area contributed by atoms with Crippen LogP contribution in [-0.2, 0) is 6.42 Å². The average Bonchev–Trinajstić information content (AvgIpc) is 2.66. The lowest BCUT2D eigenvalue weighted by Crippen LogP contribution is -2.39. The molecule has 0 aromatic heterocycles. The monoisotopic (exact) mass is 357 g/mol. The molecule has 1 amide bonds. The number of ether oxygens (including phenoxy) is 2. The zero-order valence-corrected chi connectivity index (χ0v) is 14.9. The van der Waals surface area contributed by atoms with Crippen LogP contribution < -0.4 is 14.7 Å². The number of hydrogen-bond acceptors (Lipinski definition) is 6. The van der Waals surface area contributed by atoms with Crippen LogP contribution in [0.25, 0.3) is 0 Å². The van der Waals surface area contributed by atoms with Gasteiger partial charge in [0.25, 0.3) is 5.91 Å². The van der Waals surface area contributed by atoms with Gasteiger partial charge in [-0.3, -0.25) is 10.0 Å². The van der Waals surface area contributed by atoms with Crippen LogP contribution in [0, 0.1) is 5.21 Å². The molecule has 0 aliphatic carbocycles. The van der Waals surface area contributed by atoms with E-state index in [1.165, 1.54) is 12.1 Å². The lowest BCUT2D eigenvalue weighted by molar-refractivity contribution is 0.0676. The molecule has 3 rings (SSSR count). The molecule has 2 aromatic rings. The van der Waals surface area contributed by atoms with Crippen molar-refractivity contribution in [3.63, 3.8) is 0 Å². The van der Waals surface area contributed by atoms with Gasteiger partial charge in [0.15, 0.2) is 11.5 Å². The predicted molar refractivity (Wildman–Crippen MR) is 96.8 cm³/mol. The van der Waals surface area contributed by atoms with Crippen LogP contribution in [0.4, 0.5) is 5.69 Å². The number of rotatable bonds is 4. The molecule has 0 spiro atoms. The molecule has 26 heavy (non-hydrogen) atoms. The van der Waals surface area contributed by atoms with E-state index in [-0.39, 0.29) is 28.4 Å². The highest BCUT2D eigenvalue weighted by atomic mass is 16.8. The van der Waals surface area contributed by atoms with Crippen LogP contribution in [0.3, 0.4) is 0 Å². The number of amides is 1. The SMILES string of the molecule is COc1cc2c(cc1OC)C(C)N(C(=O)c1ccccc1N([O-])O)CC2. The number of hydrogen-bond donors (Lipinski definition) is 1. The first-order chi connectivity index (χ1) is 12.5. The number of para-hydroxylation sites is 1. The van der Waals surface area contributed by atoms with Gasteiger partial charge in [-0.05, 0) is 48.7 Å². The Labute approximate surface area is 151 Å². The largest absolute Gasteiger partial charge is 0.733 e. The van der Waals surface area contributed by atoms with Crippen molar-refractivity contribution in [3.8, 4) is 11.5 Å². The van der Waals surface area contributed by atoms with Crippen molar-refractivity contribution in [1.82, 2.24) is 4.90 Å². The fraction of sp³-hybridized carbons (Fsp3) is 0.316. The highest BCUT2D eigenvalue weighted by Crippen LogP contribution is 2.38. The Morgan fingerprint density at radius 2 is 1.88 bits per heavy atom. The molecule has 0 bridgehead atoms. The maximum atomic E-state index is 13.0. The Hall–Kier alpha value is -2.77. The smallest absolute Gasteiger partial charge is 0.256 e. The highest BCUT2D eigenvalue weighted by molar-refractivity contribution is 6.00. The number of nitrogens with zero attached hydrogens (tertiary/aromatic N) is 2. The molecule has 7 heteroatoms. The van der Waals surface area contributed by atoms with E-state index in [1.807, 2.05) is 19.1 Å². The normalized spacial score (nSPS) is 16.0. The minimum absolute atomic E-state index is 0.0668. The third kappa shape index (κ3) is 3.07. The third-order valence-corrected chi connectivity index (χ3v) is 4.79. The van der Waals surface area contributed by atoms with Crippen molar-refractivity contribution in [3.05, 3.63) is 58.3 Å². The average molecular weight is 357 g/mol. The summed E-state index contributed by atoms with van der Waals surface area (Å²) in [6.45, 7) is 2.43. The van der Waals surface area contributed by atoms with E-state index >= 15 is 0 Å². The highest BCUT2D eigenvalue weighted by Gasteiger charge is 2.30. The van der Waals surface area contributed by atoms with Crippen molar-refractivity contribution in [1.29, 1.82) is 0 Å². The minimum Gasteiger partial charge on any atom is -0.733 e. The van der Waals surface area contributed by atoms with Gasteiger partial charge in [0, 0.05) is 6.54 Å². The second kappa shape index (κ2) is 7.23. The Bertz CT molecular complexity index is 822. The summed E-state index contributed by atoms with van der Waals surface area (Å²) in [4.78, 5) is 14.7. The summed E-state index contributed by atoms with van der Waals surface area (Å²) >= 11 is 0. The van der Waals surface area contributed by atoms with E-state index in [4.69, 9.17) is 9.47 Å². The van der Waals surface area contributed by atoms with Gasteiger partial charge in [-0.1, -0.05) is 12.1 Å². The number of methoxy groups -OCH3 is 2. The molecule has 1 heterocycles. The molecule has 1 atom stereocenters. The zero-order valence-electron chi connectivity index (χ0n) is 14.9. The molecule has 0 fully saturated rings. The summed E-state index contributed by atoms with van der Waals surface area (Å²) in [5, 5.41) is 20.4. The molecule has 0 saturated carbocycles. The standard InChI is InChI=1S/C19H21N2O5/c1-12-15-11-18(26-3)17(25-2)10-13(15)8-9-20(12)19(22)14-6-4-5-7-16(14)21(23)24/h4-7,10-12,23H,8-9H2,1-3H3/q-1. The first-order valence-electron chi connectivity index (χ1n) is 8.28. The topological polar surface area (TPSA) is 85.3 Å². The molecule has 1 N–H and O–H groups in total. The van der Waals surface area contributed by atoms with E-state index in [9.17, 15) is 15.2 Å². The van der Waals surface area contributed by atoms with E-state index in [0.717, 1.165) is 11.1 Å². The fourth-order valence-electron chi connectivity index (χ4n) is 3.40. The fourth-order valence-corrected chi connectivity index (χ4v) is 3.40. The molecule has 1 aliphatic rings. The molecule has 2 aromatic carbocycles. The van der Waals surface area contributed by atoms with Gasteiger partial charge < -0.3 is 24.8 Å². The van der Waals surface area contributed by atoms with Crippen molar-refractivity contribution >= 4 is 11.6 Å². The summed E-state index contributed by atoms with van der Waals surface area (Å²) in [5.74, 6) is 0.961. The van der Waals surface area contributed by atoms with Crippen LogP contribution in [0.1, 0.15) is 34.5 Å². The first-order valence-corrected chi connectivity index (χ1v) is 8.28. The number of fused-ring (bicyclic) bond motifs is 1. The minimum atomic E-state index is -0.302. The van der Waals surface area contributed by atoms with Gasteiger partial charge in [-0.15, -0.1) is 0 Å². The maximum Gasteiger partial charge on any atom is 0.256 e. The van der Waals surface area contributed by atoms with Crippen molar-refractivity contribution in [2.75, 3.05) is 26.0 Å². The van der Waals surface area contributed by atoms with E-state index in [2.05, 4.69) is 0 Å². The van der Waals surface area contributed by atoms with Crippen LogP contribution in [0.2, 0.25) is 0 Å². The molecule has 0 radical (unpaired) electrons. The summed E-state index contributed by atoms with van der Waals surface area (Å²) < 4.78 is 10.7. The summed E-state index contributed by atoms with van der Waals surface area (Å²) in [5.41, 5.74) is 2.17. The van der Waals surface area contributed by atoms with E-state index in [1.54, 1.807) is 31.3 Å².